The van der Waals surface area contributed by atoms with Crippen molar-refractivity contribution in [3.05, 3.63) is 27.7 Å². The number of alkyl halides is 1. The molecular formula is C17H26Br2O. The molecule has 0 spiro atoms. The van der Waals surface area contributed by atoms with E-state index in [1.54, 1.807) is 7.11 Å². The van der Waals surface area contributed by atoms with E-state index in [4.69, 9.17) is 4.74 Å². The summed E-state index contributed by atoms with van der Waals surface area (Å²) in [6.45, 7) is 11.3. The number of aryl methyl sites for hydroxylation is 1. The summed E-state index contributed by atoms with van der Waals surface area (Å²) in [5, 5.41) is 0. The summed E-state index contributed by atoms with van der Waals surface area (Å²) in [6.07, 6.45) is 2.34. The molecule has 2 unspecified atom stereocenters. The summed E-state index contributed by atoms with van der Waals surface area (Å²) < 4.78 is 6.67. The molecule has 0 fully saturated rings. The first-order valence-corrected chi connectivity index (χ1v) is 8.83. The van der Waals surface area contributed by atoms with Gasteiger partial charge in [0.25, 0.3) is 0 Å². The Morgan fingerprint density at radius 2 is 1.85 bits per heavy atom. The van der Waals surface area contributed by atoms with E-state index in [1.165, 1.54) is 17.5 Å². The molecule has 1 aromatic rings. The molecule has 0 saturated carbocycles. The quantitative estimate of drug-likeness (QED) is 0.497. The first kappa shape index (κ1) is 18.0. The molecule has 0 radical (unpaired) electrons. The predicted octanol–water partition coefficient (Wildman–Crippen LogP) is 6.66. The van der Waals surface area contributed by atoms with Gasteiger partial charge in [0.1, 0.15) is 5.75 Å². The molecule has 0 aliphatic carbocycles. The van der Waals surface area contributed by atoms with Crippen molar-refractivity contribution in [2.75, 3.05) is 7.11 Å². The molecular weight excluding hydrogens is 380 g/mol. The van der Waals surface area contributed by atoms with E-state index in [9.17, 15) is 0 Å². The van der Waals surface area contributed by atoms with Gasteiger partial charge in [0.05, 0.1) is 7.11 Å². The minimum atomic E-state index is 0.326. The Morgan fingerprint density at radius 1 is 1.25 bits per heavy atom. The predicted molar refractivity (Wildman–Crippen MR) is 95.0 cm³/mol. The maximum absolute atomic E-state index is 5.53. The Bertz CT molecular complexity index is 449. The Labute approximate surface area is 140 Å². The Balaban J connectivity index is 2.86. The van der Waals surface area contributed by atoms with Gasteiger partial charge in [0.15, 0.2) is 0 Å². The van der Waals surface area contributed by atoms with Crippen molar-refractivity contribution in [3.8, 4) is 5.75 Å². The van der Waals surface area contributed by atoms with Crippen LogP contribution in [0.4, 0.5) is 0 Å². The standard InChI is InChI=1S/C17H26Br2O/c1-11(10-17(3,4)5)7-15(19)13-9-14(18)12(2)8-16(13)20-6/h8-9,11,15H,7,10H2,1-6H3. The average molecular weight is 406 g/mol. The second-order valence-corrected chi connectivity index (χ2v) is 8.88. The summed E-state index contributed by atoms with van der Waals surface area (Å²) in [6, 6.07) is 4.28. The van der Waals surface area contributed by atoms with Crippen LogP contribution in [0.15, 0.2) is 16.6 Å². The molecule has 1 aromatic carbocycles. The third-order valence-electron chi connectivity index (χ3n) is 3.42. The lowest BCUT2D eigenvalue weighted by Crippen LogP contribution is -2.12. The van der Waals surface area contributed by atoms with Crippen LogP contribution in [-0.4, -0.2) is 7.11 Å². The van der Waals surface area contributed by atoms with Crippen molar-refractivity contribution in [1.29, 1.82) is 0 Å². The maximum Gasteiger partial charge on any atom is 0.123 e. The summed E-state index contributed by atoms with van der Waals surface area (Å²) in [4.78, 5) is 0.326. The van der Waals surface area contributed by atoms with Crippen molar-refractivity contribution in [3.63, 3.8) is 0 Å². The van der Waals surface area contributed by atoms with Gasteiger partial charge in [-0.2, -0.15) is 0 Å². The molecule has 0 aliphatic rings. The van der Waals surface area contributed by atoms with E-state index in [0.29, 0.717) is 16.2 Å². The van der Waals surface area contributed by atoms with Gasteiger partial charge in [-0.15, -0.1) is 0 Å². The SMILES string of the molecule is COc1cc(C)c(Br)cc1C(Br)CC(C)CC(C)(C)C. The van der Waals surface area contributed by atoms with Gasteiger partial charge in [-0.3, -0.25) is 0 Å². The highest BCUT2D eigenvalue weighted by molar-refractivity contribution is 9.10. The van der Waals surface area contributed by atoms with E-state index in [-0.39, 0.29) is 0 Å². The van der Waals surface area contributed by atoms with Crippen LogP contribution in [0, 0.1) is 18.3 Å². The molecule has 0 aliphatic heterocycles. The number of benzene rings is 1. The summed E-state index contributed by atoms with van der Waals surface area (Å²) in [7, 11) is 1.74. The fourth-order valence-electron chi connectivity index (χ4n) is 2.70. The third-order valence-corrected chi connectivity index (χ3v) is 5.14. The zero-order chi connectivity index (χ0) is 15.5. The van der Waals surface area contributed by atoms with E-state index in [0.717, 1.165) is 16.6 Å². The molecule has 20 heavy (non-hydrogen) atoms. The van der Waals surface area contributed by atoms with E-state index < -0.39 is 0 Å². The van der Waals surface area contributed by atoms with E-state index in [1.807, 2.05) is 0 Å². The zero-order valence-electron chi connectivity index (χ0n) is 13.4. The van der Waals surface area contributed by atoms with Gasteiger partial charge in [-0.05, 0) is 48.8 Å². The number of ether oxygens (including phenoxy) is 1. The van der Waals surface area contributed by atoms with Crippen LogP contribution in [0.3, 0.4) is 0 Å². The number of halogens is 2. The Hall–Kier alpha value is -0.0200. The molecule has 0 aromatic heterocycles. The highest BCUT2D eigenvalue weighted by Gasteiger charge is 2.21. The van der Waals surface area contributed by atoms with Crippen LogP contribution >= 0.6 is 31.9 Å². The summed E-state index contributed by atoms with van der Waals surface area (Å²) in [5.74, 6) is 1.64. The van der Waals surface area contributed by atoms with Crippen LogP contribution in [0.1, 0.15) is 56.5 Å². The van der Waals surface area contributed by atoms with E-state index in [2.05, 4.69) is 78.6 Å². The third kappa shape index (κ3) is 5.40. The van der Waals surface area contributed by atoms with Crippen LogP contribution in [0.5, 0.6) is 5.75 Å². The maximum atomic E-state index is 5.53. The van der Waals surface area contributed by atoms with Crippen molar-refractivity contribution in [1.82, 2.24) is 0 Å². The summed E-state index contributed by atoms with van der Waals surface area (Å²) >= 11 is 7.46. The zero-order valence-corrected chi connectivity index (χ0v) is 16.6. The molecule has 1 nitrogen and oxygen atoms in total. The lowest BCUT2D eigenvalue weighted by Gasteiger charge is -2.25. The fraction of sp³-hybridized carbons (Fsp3) is 0.647. The largest absolute Gasteiger partial charge is 0.496 e. The minimum absolute atomic E-state index is 0.326. The highest BCUT2D eigenvalue weighted by Crippen LogP contribution is 2.40. The number of rotatable bonds is 5. The van der Waals surface area contributed by atoms with Gasteiger partial charge < -0.3 is 4.74 Å². The van der Waals surface area contributed by atoms with Crippen molar-refractivity contribution >= 4 is 31.9 Å². The van der Waals surface area contributed by atoms with Gasteiger partial charge in [-0.1, -0.05) is 59.6 Å². The van der Waals surface area contributed by atoms with Crippen molar-refractivity contribution in [2.24, 2.45) is 11.3 Å². The number of hydrogen-bond donors (Lipinski definition) is 0. The Kier molecular flexibility index (Phi) is 6.59. The van der Waals surface area contributed by atoms with Gasteiger partial charge in [0, 0.05) is 14.9 Å². The Morgan fingerprint density at radius 3 is 2.35 bits per heavy atom. The lowest BCUT2D eigenvalue weighted by atomic mass is 9.83. The molecule has 0 bridgehead atoms. The number of methoxy groups -OCH3 is 1. The lowest BCUT2D eigenvalue weighted by molar-refractivity contribution is 0.296. The smallest absolute Gasteiger partial charge is 0.123 e. The second-order valence-electron chi connectivity index (χ2n) is 6.92. The molecule has 1 rings (SSSR count). The molecule has 0 amide bonds. The van der Waals surface area contributed by atoms with Crippen LogP contribution in [-0.2, 0) is 0 Å². The summed E-state index contributed by atoms with van der Waals surface area (Å²) in [5.41, 5.74) is 2.81. The van der Waals surface area contributed by atoms with Crippen LogP contribution < -0.4 is 4.74 Å². The van der Waals surface area contributed by atoms with Gasteiger partial charge in [0.2, 0.25) is 0 Å². The van der Waals surface area contributed by atoms with Gasteiger partial charge in [-0.25, -0.2) is 0 Å². The van der Waals surface area contributed by atoms with Crippen molar-refractivity contribution < 1.29 is 4.74 Å². The van der Waals surface area contributed by atoms with Crippen LogP contribution in [0.2, 0.25) is 0 Å². The molecule has 3 heteroatoms. The van der Waals surface area contributed by atoms with Crippen LogP contribution in [0.25, 0.3) is 0 Å². The van der Waals surface area contributed by atoms with Crippen molar-refractivity contribution in [2.45, 2.75) is 52.3 Å². The molecule has 0 saturated heterocycles. The normalized spacial score (nSPS) is 15.0. The topological polar surface area (TPSA) is 9.23 Å². The minimum Gasteiger partial charge on any atom is -0.496 e. The van der Waals surface area contributed by atoms with E-state index >= 15 is 0 Å². The molecule has 2 atom stereocenters. The molecule has 114 valence electrons. The fourth-order valence-corrected chi connectivity index (χ4v) is 4.06. The first-order chi connectivity index (χ1) is 9.14. The van der Waals surface area contributed by atoms with Gasteiger partial charge >= 0.3 is 0 Å². The highest BCUT2D eigenvalue weighted by atomic mass is 79.9. The average Bonchev–Trinajstić information content (AvgIpc) is 2.29. The monoisotopic (exact) mass is 404 g/mol. The second kappa shape index (κ2) is 7.31. The first-order valence-electron chi connectivity index (χ1n) is 7.12. The molecule has 0 heterocycles. The number of hydrogen-bond acceptors (Lipinski definition) is 1. The molecule has 0 N–H and O–H groups in total.